The molecule has 1 unspecified atom stereocenters. The number of hydrogen-bond acceptors (Lipinski definition) is 7. The molecule has 2 aromatic carbocycles. The van der Waals surface area contributed by atoms with Gasteiger partial charge in [0, 0.05) is 30.1 Å². The van der Waals surface area contributed by atoms with Crippen LogP contribution in [-0.2, 0) is 32.6 Å². The molecular formula is C23H29N3O6S. The highest BCUT2D eigenvalue weighted by Crippen LogP contribution is 2.16. The second-order valence-electron chi connectivity index (χ2n) is 7.89. The number of benzene rings is 2. The first-order valence-electron chi connectivity index (χ1n) is 10.7. The molecule has 178 valence electrons. The van der Waals surface area contributed by atoms with Gasteiger partial charge in [-0.25, -0.2) is 5.48 Å². The normalized spacial score (nSPS) is 17.1. The molecule has 1 aliphatic heterocycles. The van der Waals surface area contributed by atoms with Gasteiger partial charge in [-0.3, -0.25) is 23.9 Å². The number of ether oxygens (including phenoxy) is 1. The molecule has 0 spiro atoms. The van der Waals surface area contributed by atoms with E-state index in [4.69, 9.17) is 9.94 Å². The van der Waals surface area contributed by atoms with Gasteiger partial charge in [0.15, 0.2) is 0 Å². The lowest BCUT2D eigenvalue weighted by atomic mass is 10.1. The van der Waals surface area contributed by atoms with Gasteiger partial charge in [-0.05, 0) is 42.3 Å². The van der Waals surface area contributed by atoms with Crippen LogP contribution in [0.2, 0.25) is 0 Å². The standard InChI is InChI=1S/C23H29N3O6S/c1-16(27)21(23(29)25-30)24-22(28)19-6-8-20(9-7-19)33(31)15-18-4-2-17(3-5-18)14-26-10-12-32-13-11-26/h2-9,16,21,27,30H,10-15H2,1H3,(H,24,28)(H,25,29)/t16-,21+,33?/m1/s1. The van der Waals surface area contributed by atoms with Crippen molar-refractivity contribution in [2.24, 2.45) is 0 Å². The molecule has 33 heavy (non-hydrogen) atoms. The van der Waals surface area contributed by atoms with Crippen LogP contribution in [0.3, 0.4) is 0 Å². The van der Waals surface area contributed by atoms with Gasteiger partial charge in [0.1, 0.15) is 6.04 Å². The summed E-state index contributed by atoms with van der Waals surface area (Å²) in [5.74, 6) is -1.17. The minimum atomic E-state index is -1.30. The van der Waals surface area contributed by atoms with Gasteiger partial charge in [0.25, 0.3) is 11.8 Å². The molecule has 0 radical (unpaired) electrons. The average molecular weight is 476 g/mol. The molecule has 2 aromatic rings. The molecule has 0 saturated carbocycles. The maximum Gasteiger partial charge on any atom is 0.268 e. The molecule has 3 atom stereocenters. The van der Waals surface area contributed by atoms with Crippen LogP contribution >= 0.6 is 0 Å². The number of carbonyl (C=O) groups excluding carboxylic acids is 2. The van der Waals surface area contributed by atoms with Gasteiger partial charge >= 0.3 is 0 Å². The minimum absolute atomic E-state index is 0.236. The minimum Gasteiger partial charge on any atom is -0.391 e. The number of hydroxylamine groups is 1. The number of amides is 2. The largest absolute Gasteiger partial charge is 0.391 e. The zero-order valence-electron chi connectivity index (χ0n) is 18.4. The number of nitrogens with one attached hydrogen (secondary N) is 2. The van der Waals surface area contributed by atoms with Crippen LogP contribution in [0.25, 0.3) is 0 Å². The highest BCUT2D eigenvalue weighted by molar-refractivity contribution is 7.84. The molecule has 0 aromatic heterocycles. The quantitative estimate of drug-likeness (QED) is 0.312. The second-order valence-corrected chi connectivity index (χ2v) is 9.34. The van der Waals surface area contributed by atoms with Gasteiger partial charge in [0.05, 0.1) is 35.9 Å². The maximum absolute atomic E-state index is 12.8. The van der Waals surface area contributed by atoms with E-state index in [0.29, 0.717) is 10.6 Å². The van der Waals surface area contributed by atoms with Crippen molar-refractivity contribution in [2.45, 2.75) is 36.3 Å². The van der Waals surface area contributed by atoms with E-state index in [9.17, 15) is 18.9 Å². The van der Waals surface area contributed by atoms with Gasteiger partial charge in [0.2, 0.25) is 0 Å². The number of morpholine rings is 1. The Kier molecular flexibility index (Phi) is 9.10. The highest BCUT2D eigenvalue weighted by atomic mass is 32.2. The van der Waals surface area contributed by atoms with Crippen LogP contribution in [0.5, 0.6) is 0 Å². The molecule has 9 nitrogen and oxygen atoms in total. The van der Waals surface area contributed by atoms with Crippen molar-refractivity contribution in [3.05, 3.63) is 65.2 Å². The second kappa shape index (κ2) is 12.0. The zero-order chi connectivity index (χ0) is 23.8. The van der Waals surface area contributed by atoms with Crippen molar-refractivity contribution in [1.82, 2.24) is 15.7 Å². The highest BCUT2D eigenvalue weighted by Gasteiger charge is 2.25. The van der Waals surface area contributed by atoms with Gasteiger partial charge in [-0.1, -0.05) is 24.3 Å². The van der Waals surface area contributed by atoms with E-state index >= 15 is 0 Å². The molecule has 0 bridgehead atoms. The fourth-order valence-corrected chi connectivity index (χ4v) is 4.55. The van der Waals surface area contributed by atoms with Crippen molar-refractivity contribution in [3.63, 3.8) is 0 Å². The van der Waals surface area contributed by atoms with E-state index in [1.54, 1.807) is 12.1 Å². The summed E-state index contributed by atoms with van der Waals surface area (Å²) in [5.41, 5.74) is 3.80. The fourth-order valence-electron chi connectivity index (χ4n) is 3.45. The first-order chi connectivity index (χ1) is 15.9. The van der Waals surface area contributed by atoms with E-state index < -0.39 is 34.8 Å². The van der Waals surface area contributed by atoms with E-state index in [1.165, 1.54) is 30.1 Å². The van der Waals surface area contributed by atoms with Crippen LogP contribution < -0.4 is 10.8 Å². The van der Waals surface area contributed by atoms with Crippen molar-refractivity contribution in [3.8, 4) is 0 Å². The number of carbonyl (C=O) groups is 2. The van der Waals surface area contributed by atoms with Crippen LogP contribution in [-0.4, -0.2) is 69.7 Å². The Labute approximate surface area is 195 Å². The third-order valence-electron chi connectivity index (χ3n) is 5.37. The third kappa shape index (κ3) is 7.18. The number of nitrogens with zero attached hydrogens (tertiary/aromatic N) is 1. The van der Waals surface area contributed by atoms with E-state index in [-0.39, 0.29) is 5.56 Å². The Bertz CT molecular complexity index is 959. The summed E-state index contributed by atoms with van der Waals surface area (Å²) in [6.45, 7) is 5.56. The van der Waals surface area contributed by atoms with Crippen LogP contribution in [0.4, 0.5) is 0 Å². The molecule has 1 aliphatic rings. The Hall–Kier alpha value is -2.63. The SMILES string of the molecule is C[C@@H](O)[C@H](NC(=O)c1ccc(S(=O)Cc2ccc(CN3CCOCC3)cc2)cc1)C(=O)NO. The number of hydrogen-bond donors (Lipinski definition) is 4. The van der Waals surface area contributed by atoms with Crippen LogP contribution in [0, 0.1) is 0 Å². The fraction of sp³-hybridized carbons (Fsp3) is 0.391. The van der Waals surface area contributed by atoms with Gasteiger partial charge in [-0.2, -0.15) is 0 Å². The predicted molar refractivity (Wildman–Crippen MR) is 122 cm³/mol. The van der Waals surface area contributed by atoms with Crippen LogP contribution in [0.15, 0.2) is 53.4 Å². The summed E-state index contributed by atoms with van der Waals surface area (Å²) in [6.07, 6.45) is -1.20. The molecule has 1 fully saturated rings. The van der Waals surface area contributed by atoms with Crippen molar-refractivity contribution in [1.29, 1.82) is 0 Å². The number of rotatable bonds is 9. The van der Waals surface area contributed by atoms with E-state index in [0.717, 1.165) is 38.4 Å². The topological polar surface area (TPSA) is 128 Å². The van der Waals surface area contributed by atoms with Crippen molar-refractivity contribution >= 4 is 22.6 Å². The molecule has 1 heterocycles. The zero-order valence-corrected chi connectivity index (χ0v) is 19.2. The molecule has 0 aliphatic carbocycles. The Morgan fingerprint density at radius 2 is 1.67 bits per heavy atom. The van der Waals surface area contributed by atoms with Crippen LogP contribution in [0.1, 0.15) is 28.4 Å². The molecule has 1 saturated heterocycles. The average Bonchev–Trinajstić information content (AvgIpc) is 2.83. The summed E-state index contributed by atoms with van der Waals surface area (Å²) < 4.78 is 18.1. The Morgan fingerprint density at radius 1 is 1.06 bits per heavy atom. The maximum atomic E-state index is 12.8. The lowest BCUT2D eigenvalue weighted by Gasteiger charge is -2.26. The molecule has 2 amide bonds. The molecule has 10 heteroatoms. The Balaban J connectivity index is 1.56. The summed E-state index contributed by atoms with van der Waals surface area (Å²) in [6, 6.07) is 13.0. The first-order valence-corrected chi connectivity index (χ1v) is 12.0. The van der Waals surface area contributed by atoms with E-state index in [1.807, 2.05) is 12.1 Å². The Morgan fingerprint density at radius 3 is 2.24 bits per heavy atom. The van der Waals surface area contributed by atoms with Crippen molar-refractivity contribution in [2.75, 3.05) is 26.3 Å². The van der Waals surface area contributed by atoms with E-state index in [2.05, 4.69) is 22.3 Å². The lowest BCUT2D eigenvalue weighted by molar-refractivity contribution is -0.133. The first kappa shape index (κ1) is 25.0. The number of aliphatic hydroxyl groups excluding tert-OH is 1. The molecular weight excluding hydrogens is 446 g/mol. The van der Waals surface area contributed by atoms with Gasteiger partial charge < -0.3 is 15.2 Å². The summed E-state index contributed by atoms with van der Waals surface area (Å²) in [7, 11) is -1.29. The van der Waals surface area contributed by atoms with Gasteiger partial charge in [-0.15, -0.1) is 0 Å². The smallest absolute Gasteiger partial charge is 0.268 e. The third-order valence-corrected chi connectivity index (χ3v) is 6.77. The lowest BCUT2D eigenvalue weighted by Crippen LogP contribution is -2.51. The summed E-state index contributed by atoms with van der Waals surface area (Å²) in [4.78, 5) is 26.8. The summed E-state index contributed by atoms with van der Waals surface area (Å²) in [5, 5.41) is 20.7. The predicted octanol–water partition coefficient (Wildman–Crippen LogP) is 0.811. The monoisotopic (exact) mass is 475 g/mol. The summed E-state index contributed by atoms with van der Waals surface area (Å²) >= 11 is 0. The molecule has 4 N–H and O–H groups in total. The molecule has 3 rings (SSSR count). The number of aliphatic hydroxyl groups is 1. The van der Waals surface area contributed by atoms with Crippen molar-refractivity contribution < 1.29 is 28.8 Å².